The van der Waals surface area contributed by atoms with E-state index < -0.39 is 0 Å². The molecule has 0 amide bonds. The van der Waals surface area contributed by atoms with E-state index in [1.165, 1.54) is 0 Å². The topological polar surface area (TPSA) is 30.7 Å². The number of hydrogen-bond acceptors (Lipinski definition) is 2. The third kappa shape index (κ3) is 2.52. The van der Waals surface area contributed by atoms with Gasteiger partial charge in [-0.05, 0) is 37.6 Å². The fourth-order valence-corrected chi connectivity index (χ4v) is 2.93. The van der Waals surface area contributed by atoms with E-state index in [1.807, 2.05) is 37.4 Å². The summed E-state index contributed by atoms with van der Waals surface area (Å²) in [6, 6.07) is 9.86. The average molecular weight is 320 g/mol. The molecule has 3 rings (SSSR count). The fraction of sp³-hybridized carbons (Fsp3) is 0.250. The van der Waals surface area contributed by atoms with Crippen molar-refractivity contribution in [1.29, 1.82) is 0 Å². The number of halogens is 2. The number of fused-ring (bicyclic) bond motifs is 1. The van der Waals surface area contributed by atoms with Gasteiger partial charge in [-0.3, -0.25) is 4.98 Å². The van der Waals surface area contributed by atoms with Crippen LogP contribution in [0.4, 0.5) is 0 Å². The Morgan fingerprint density at radius 2 is 1.95 bits per heavy atom. The zero-order chi connectivity index (χ0) is 15.0. The van der Waals surface area contributed by atoms with Crippen molar-refractivity contribution in [2.45, 2.75) is 25.3 Å². The summed E-state index contributed by atoms with van der Waals surface area (Å²) in [5, 5.41) is 0.441. The van der Waals surface area contributed by atoms with Crippen molar-refractivity contribution in [2.24, 2.45) is 0 Å². The molecule has 3 aromatic rings. The fourth-order valence-electron chi connectivity index (χ4n) is 2.56. The lowest BCUT2D eigenvalue weighted by molar-refractivity contribution is 0.616. The highest BCUT2D eigenvalue weighted by atomic mass is 35.5. The zero-order valence-corrected chi connectivity index (χ0v) is 13.3. The lowest BCUT2D eigenvalue weighted by Crippen LogP contribution is -2.11. The van der Waals surface area contributed by atoms with Crippen LogP contribution < -0.4 is 0 Å². The molecule has 0 aliphatic rings. The average Bonchev–Trinajstić information content (AvgIpc) is 2.88. The summed E-state index contributed by atoms with van der Waals surface area (Å²) in [5.41, 5.74) is 2.88. The summed E-state index contributed by atoms with van der Waals surface area (Å²) in [6.07, 6.45) is 3.63. The van der Waals surface area contributed by atoms with Gasteiger partial charge in [0.15, 0.2) is 0 Å². The third-order valence-electron chi connectivity index (χ3n) is 3.61. The highest BCUT2D eigenvalue weighted by molar-refractivity contribution is 6.35. The predicted molar refractivity (Wildman–Crippen MR) is 87.1 cm³/mol. The van der Waals surface area contributed by atoms with Gasteiger partial charge in [-0.15, -0.1) is 11.6 Å². The Kier molecular flexibility index (Phi) is 3.87. The summed E-state index contributed by atoms with van der Waals surface area (Å²) in [4.78, 5) is 8.83. The van der Waals surface area contributed by atoms with Crippen LogP contribution in [0.2, 0.25) is 5.02 Å². The molecule has 0 spiro atoms. The van der Waals surface area contributed by atoms with E-state index in [0.29, 0.717) is 5.02 Å². The normalized spacial score (nSPS) is 14.3. The number of rotatable bonds is 3. The maximum Gasteiger partial charge on any atom is 0.128 e. The predicted octanol–water partition coefficient (Wildman–Crippen LogP) is 4.99. The monoisotopic (exact) mass is 319 g/mol. The van der Waals surface area contributed by atoms with E-state index in [2.05, 4.69) is 27.5 Å². The van der Waals surface area contributed by atoms with Crippen molar-refractivity contribution >= 4 is 34.2 Å². The number of benzene rings is 1. The molecule has 108 valence electrons. The van der Waals surface area contributed by atoms with Crippen LogP contribution in [-0.4, -0.2) is 14.5 Å². The maximum absolute atomic E-state index is 6.32. The number of hydrogen-bond donors (Lipinski definition) is 0. The van der Waals surface area contributed by atoms with E-state index in [1.54, 1.807) is 6.20 Å². The molecule has 2 heterocycles. The molecule has 0 N–H and O–H groups in total. The summed E-state index contributed by atoms with van der Waals surface area (Å²) in [6.45, 7) is 4.03. The van der Waals surface area contributed by atoms with Crippen molar-refractivity contribution in [2.75, 3.05) is 0 Å². The molecule has 0 fully saturated rings. The maximum atomic E-state index is 6.32. The molecule has 0 saturated heterocycles. The van der Waals surface area contributed by atoms with Gasteiger partial charge in [0.05, 0.1) is 22.0 Å². The Labute approximate surface area is 133 Å². The molecular formula is C16H15Cl2N3. The lowest BCUT2D eigenvalue weighted by Gasteiger charge is -2.18. The van der Waals surface area contributed by atoms with Crippen LogP contribution in [0.1, 0.15) is 36.7 Å². The molecule has 21 heavy (non-hydrogen) atoms. The minimum Gasteiger partial charge on any atom is -0.319 e. The quantitative estimate of drug-likeness (QED) is 0.636. The number of imidazole rings is 1. The van der Waals surface area contributed by atoms with Gasteiger partial charge < -0.3 is 4.57 Å². The molecule has 0 aliphatic heterocycles. The molecule has 0 bridgehead atoms. The summed E-state index contributed by atoms with van der Waals surface area (Å²) in [7, 11) is 0. The Hall–Kier alpha value is -1.58. The Bertz CT molecular complexity index is 766. The van der Waals surface area contributed by atoms with Gasteiger partial charge in [0.25, 0.3) is 0 Å². The summed E-state index contributed by atoms with van der Waals surface area (Å²) >= 11 is 12.6. The molecule has 5 heteroatoms. The summed E-state index contributed by atoms with van der Waals surface area (Å²) in [5.74, 6) is 0.816. The zero-order valence-electron chi connectivity index (χ0n) is 11.8. The van der Waals surface area contributed by atoms with E-state index in [4.69, 9.17) is 23.2 Å². The van der Waals surface area contributed by atoms with Crippen LogP contribution in [0.5, 0.6) is 0 Å². The molecule has 2 aromatic heterocycles. The van der Waals surface area contributed by atoms with Gasteiger partial charge >= 0.3 is 0 Å². The highest BCUT2D eigenvalue weighted by Crippen LogP contribution is 2.33. The first-order chi connectivity index (χ1) is 10.1. The molecule has 0 saturated carbocycles. The van der Waals surface area contributed by atoms with Crippen molar-refractivity contribution < 1.29 is 0 Å². The molecular weight excluding hydrogens is 305 g/mol. The van der Waals surface area contributed by atoms with E-state index in [0.717, 1.165) is 22.4 Å². The molecule has 2 unspecified atom stereocenters. The van der Waals surface area contributed by atoms with Gasteiger partial charge in [0, 0.05) is 12.4 Å². The molecule has 0 aliphatic carbocycles. The van der Waals surface area contributed by atoms with Crippen molar-refractivity contribution in [3.63, 3.8) is 0 Å². The van der Waals surface area contributed by atoms with Crippen LogP contribution in [0, 0.1) is 0 Å². The molecule has 3 nitrogen and oxygen atoms in total. The van der Waals surface area contributed by atoms with Crippen LogP contribution in [0.25, 0.3) is 11.0 Å². The Morgan fingerprint density at radius 1 is 1.14 bits per heavy atom. The van der Waals surface area contributed by atoms with E-state index in [-0.39, 0.29) is 11.4 Å². The minimum absolute atomic E-state index is 0.0818. The van der Waals surface area contributed by atoms with E-state index >= 15 is 0 Å². The molecule has 1 aromatic carbocycles. The largest absolute Gasteiger partial charge is 0.319 e. The van der Waals surface area contributed by atoms with Crippen LogP contribution in [0.15, 0.2) is 42.7 Å². The van der Waals surface area contributed by atoms with Crippen LogP contribution >= 0.6 is 23.2 Å². The summed E-state index contributed by atoms with van der Waals surface area (Å²) < 4.78 is 2.13. The second-order valence-corrected chi connectivity index (χ2v) is 6.09. The smallest absolute Gasteiger partial charge is 0.128 e. The second-order valence-electron chi connectivity index (χ2n) is 5.03. The first kappa shape index (κ1) is 14.4. The minimum atomic E-state index is -0.201. The van der Waals surface area contributed by atoms with Crippen LogP contribution in [-0.2, 0) is 0 Å². The van der Waals surface area contributed by atoms with Crippen molar-refractivity contribution in [1.82, 2.24) is 14.5 Å². The number of pyridine rings is 1. The second kappa shape index (κ2) is 5.66. The first-order valence-corrected chi connectivity index (χ1v) is 7.61. The number of alkyl halides is 1. The van der Waals surface area contributed by atoms with Crippen molar-refractivity contribution in [3.05, 3.63) is 59.1 Å². The van der Waals surface area contributed by atoms with E-state index in [9.17, 15) is 0 Å². The number of para-hydroxylation sites is 1. The van der Waals surface area contributed by atoms with Gasteiger partial charge in [0.1, 0.15) is 11.3 Å². The Balaban J connectivity index is 2.25. The molecule has 0 radical (unpaired) electrons. The van der Waals surface area contributed by atoms with Gasteiger partial charge in [-0.2, -0.15) is 0 Å². The molecule has 2 atom stereocenters. The van der Waals surface area contributed by atoms with Gasteiger partial charge in [-0.1, -0.05) is 23.7 Å². The Morgan fingerprint density at radius 3 is 2.62 bits per heavy atom. The SMILES string of the molecule is CC(Cl)c1nc2c(Cl)cccc2n1C(C)c1cccnc1. The van der Waals surface area contributed by atoms with Crippen LogP contribution in [0.3, 0.4) is 0 Å². The van der Waals surface area contributed by atoms with Crippen molar-refractivity contribution in [3.8, 4) is 0 Å². The standard InChI is InChI=1S/C16H15Cl2N3/c1-10(17)16-20-15-13(18)6-3-7-14(15)21(16)11(2)12-5-4-8-19-9-12/h3-11H,1-2H3. The third-order valence-corrected chi connectivity index (χ3v) is 4.11. The van der Waals surface area contributed by atoms with Gasteiger partial charge in [0.2, 0.25) is 0 Å². The highest BCUT2D eigenvalue weighted by Gasteiger charge is 2.21. The first-order valence-electron chi connectivity index (χ1n) is 6.80. The number of aromatic nitrogens is 3. The lowest BCUT2D eigenvalue weighted by atomic mass is 10.1. The van der Waals surface area contributed by atoms with Gasteiger partial charge in [-0.25, -0.2) is 4.98 Å². The number of nitrogens with zero attached hydrogens (tertiary/aromatic N) is 3.